The third-order valence-corrected chi connectivity index (χ3v) is 9.98. The molecular formula is C42H86O3. The zero-order valence-corrected chi connectivity index (χ0v) is 33.1. The van der Waals surface area contributed by atoms with Gasteiger partial charge in [-0.25, -0.2) is 0 Å². The molecule has 0 aromatic rings. The molecule has 10 unspecified atom stereocenters. The molecule has 272 valence electrons. The smallest absolute Gasteiger partial charge is 0.160 e. The second-order valence-electron chi connectivity index (χ2n) is 16.4. The maximum atomic E-state index is 6.55. The van der Waals surface area contributed by atoms with Crippen LogP contribution < -0.4 is 0 Å². The maximum absolute atomic E-state index is 6.55. The van der Waals surface area contributed by atoms with Gasteiger partial charge in [-0.05, 0) is 124 Å². The first-order valence-electron chi connectivity index (χ1n) is 20.3. The van der Waals surface area contributed by atoms with Crippen molar-refractivity contribution in [1.29, 1.82) is 0 Å². The first-order chi connectivity index (χ1) is 21.4. The lowest BCUT2D eigenvalue weighted by molar-refractivity contribution is -0.250. The van der Waals surface area contributed by atoms with E-state index in [2.05, 4.69) is 83.1 Å². The summed E-state index contributed by atoms with van der Waals surface area (Å²) in [7, 11) is 0. The van der Waals surface area contributed by atoms with E-state index in [-0.39, 0.29) is 12.6 Å². The lowest BCUT2D eigenvalue weighted by Gasteiger charge is -2.27. The van der Waals surface area contributed by atoms with Gasteiger partial charge in [0.2, 0.25) is 0 Å². The van der Waals surface area contributed by atoms with Gasteiger partial charge in [0.05, 0.1) is 0 Å². The summed E-state index contributed by atoms with van der Waals surface area (Å²) in [6.07, 6.45) is 22.1. The highest BCUT2D eigenvalue weighted by molar-refractivity contribution is 4.68. The quantitative estimate of drug-likeness (QED) is 0.0686. The largest absolute Gasteiger partial charge is 0.353 e. The summed E-state index contributed by atoms with van der Waals surface area (Å²) >= 11 is 0. The molecule has 0 radical (unpaired) electrons. The number of ether oxygens (including phenoxy) is 3. The van der Waals surface area contributed by atoms with Crippen molar-refractivity contribution in [1.82, 2.24) is 0 Å². The fourth-order valence-corrected chi connectivity index (χ4v) is 8.28. The molecule has 0 aromatic heterocycles. The average Bonchev–Trinajstić information content (AvgIpc) is 2.93. The van der Waals surface area contributed by atoms with Crippen molar-refractivity contribution in [3.05, 3.63) is 0 Å². The molecule has 45 heavy (non-hydrogen) atoms. The van der Waals surface area contributed by atoms with Crippen LogP contribution in [0.3, 0.4) is 0 Å². The second kappa shape index (κ2) is 28.9. The lowest BCUT2D eigenvalue weighted by Crippen LogP contribution is -2.28. The molecule has 0 spiro atoms. The molecule has 0 aromatic carbocycles. The average molecular weight is 639 g/mol. The van der Waals surface area contributed by atoms with E-state index in [0.29, 0.717) is 0 Å². The van der Waals surface area contributed by atoms with Gasteiger partial charge < -0.3 is 14.2 Å². The Kier molecular flexibility index (Phi) is 28.8. The Labute approximate surface area is 285 Å². The van der Waals surface area contributed by atoms with E-state index in [4.69, 9.17) is 14.2 Å². The number of hydrogen-bond donors (Lipinski definition) is 0. The van der Waals surface area contributed by atoms with Gasteiger partial charge in [0.15, 0.2) is 12.6 Å². The van der Waals surface area contributed by atoms with E-state index in [1.165, 1.54) is 77.0 Å². The van der Waals surface area contributed by atoms with Crippen LogP contribution in [0.25, 0.3) is 0 Å². The Morgan fingerprint density at radius 3 is 0.911 bits per heavy atom. The summed E-state index contributed by atoms with van der Waals surface area (Å²) in [6.45, 7) is 30.2. The Morgan fingerprint density at radius 1 is 0.333 bits per heavy atom. The molecule has 0 amide bonds. The summed E-state index contributed by atoms with van der Waals surface area (Å²) in [5.74, 6) is 6.55. The molecule has 0 aliphatic rings. The summed E-state index contributed by atoms with van der Waals surface area (Å²) in [5.41, 5.74) is 0. The van der Waals surface area contributed by atoms with Gasteiger partial charge >= 0.3 is 0 Å². The van der Waals surface area contributed by atoms with Crippen LogP contribution in [0.5, 0.6) is 0 Å². The molecule has 0 heterocycles. The normalized spacial score (nSPS) is 18.9. The van der Waals surface area contributed by atoms with Crippen LogP contribution in [-0.2, 0) is 14.2 Å². The zero-order valence-electron chi connectivity index (χ0n) is 33.1. The minimum absolute atomic E-state index is 0.148. The molecule has 10 atom stereocenters. The minimum Gasteiger partial charge on any atom is -0.353 e. The second-order valence-corrected chi connectivity index (χ2v) is 16.4. The predicted molar refractivity (Wildman–Crippen MR) is 200 cm³/mol. The fourth-order valence-electron chi connectivity index (χ4n) is 8.28. The van der Waals surface area contributed by atoms with Crippen molar-refractivity contribution in [3.8, 4) is 0 Å². The van der Waals surface area contributed by atoms with Crippen molar-refractivity contribution < 1.29 is 14.2 Å². The Hall–Kier alpha value is -0.120. The highest BCUT2D eigenvalue weighted by Crippen LogP contribution is 2.29. The molecule has 0 N–H and O–H groups in total. The van der Waals surface area contributed by atoms with Crippen LogP contribution in [0.4, 0.5) is 0 Å². The van der Waals surface area contributed by atoms with Crippen molar-refractivity contribution in [2.45, 2.75) is 211 Å². The molecule has 0 saturated carbocycles. The van der Waals surface area contributed by atoms with Crippen LogP contribution in [-0.4, -0.2) is 25.8 Å². The topological polar surface area (TPSA) is 27.7 Å². The van der Waals surface area contributed by atoms with Crippen LogP contribution in [0.2, 0.25) is 0 Å². The minimum atomic E-state index is -0.148. The van der Waals surface area contributed by atoms with Crippen molar-refractivity contribution >= 4 is 0 Å². The predicted octanol–water partition coefficient (Wildman–Crippen LogP) is 13.9. The maximum Gasteiger partial charge on any atom is 0.160 e. The van der Waals surface area contributed by atoms with Crippen molar-refractivity contribution in [3.63, 3.8) is 0 Å². The summed E-state index contributed by atoms with van der Waals surface area (Å²) in [4.78, 5) is 0. The Balaban J connectivity index is 4.67. The molecule has 3 nitrogen and oxygen atoms in total. The van der Waals surface area contributed by atoms with Gasteiger partial charge in [-0.15, -0.1) is 0 Å². The van der Waals surface area contributed by atoms with Crippen LogP contribution in [0.15, 0.2) is 0 Å². The molecular weight excluding hydrogens is 552 g/mol. The first kappa shape index (κ1) is 44.9. The van der Waals surface area contributed by atoms with Crippen LogP contribution in [0.1, 0.15) is 199 Å². The lowest BCUT2D eigenvalue weighted by atomic mass is 9.83. The SMILES string of the molecule is CCCOC(CCCC(C)CC(C)CC(C)CC(C)CCC)OC(CCCC(C)CC(C)CC(C)CC(C)CCC)OCCC. The number of hydrogen-bond acceptors (Lipinski definition) is 3. The van der Waals surface area contributed by atoms with Gasteiger partial charge in [-0.2, -0.15) is 0 Å². The zero-order chi connectivity index (χ0) is 34.0. The van der Waals surface area contributed by atoms with Gasteiger partial charge in [-0.1, -0.05) is 122 Å². The Bertz CT molecular complexity index is 571. The van der Waals surface area contributed by atoms with E-state index in [0.717, 1.165) is 99.1 Å². The van der Waals surface area contributed by atoms with E-state index in [1.807, 2.05) is 0 Å². The van der Waals surface area contributed by atoms with Gasteiger partial charge in [0.25, 0.3) is 0 Å². The van der Waals surface area contributed by atoms with E-state index in [9.17, 15) is 0 Å². The number of rotatable bonds is 32. The van der Waals surface area contributed by atoms with Gasteiger partial charge in [0.1, 0.15) is 0 Å². The molecule has 0 saturated heterocycles. The summed E-state index contributed by atoms with van der Waals surface area (Å²) < 4.78 is 19.0. The summed E-state index contributed by atoms with van der Waals surface area (Å²) in [5, 5.41) is 0. The highest BCUT2D eigenvalue weighted by atomic mass is 16.8. The fraction of sp³-hybridized carbons (Fsp3) is 1.00. The van der Waals surface area contributed by atoms with Crippen LogP contribution >= 0.6 is 0 Å². The molecule has 0 fully saturated rings. The molecule has 0 aliphatic carbocycles. The van der Waals surface area contributed by atoms with Crippen molar-refractivity contribution in [2.24, 2.45) is 47.3 Å². The van der Waals surface area contributed by atoms with E-state index in [1.54, 1.807) is 0 Å². The molecule has 0 bridgehead atoms. The Morgan fingerprint density at radius 2 is 0.622 bits per heavy atom. The molecule has 0 aliphatic heterocycles. The third kappa shape index (κ3) is 26.5. The standard InChI is InChI=1S/C42H86O3/c1-13-19-33(5)27-37(9)31-39(11)29-35(7)21-17-23-41(43-25-15-3)45-42(44-26-16-4)24-18-22-36(8)30-40(12)32-38(10)28-34(6)20-14-2/h33-42H,13-32H2,1-12H3. The molecule has 3 heteroatoms. The summed E-state index contributed by atoms with van der Waals surface area (Å²) in [6, 6.07) is 0. The van der Waals surface area contributed by atoms with Crippen molar-refractivity contribution in [2.75, 3.05) is 13.2 Å². The van der Waals surface area contributed by atoms with Crippen LogP contribution in [0, 0.1) is 47.3 Å². The van der Waals surface area contributed by atoms with E-state index >= 15 is 0 Å². The van der Waals surface area contributed by atoms with E-state index < -0.39 is 0 Å². The van der Waals surface area contributed by atoms with Gasteiger partial charge in [0, 0.05) is 13.2 Å². The monoisotopic (exact) mass is 639 g/mol. The third-order valence-electron chi connectivity index (χ3n) is 9.98. The molecule has 0 rings (SSSR count). The highest BCUT2D eigenvalue weighted by Gasteiger charge is 2.21. The first-order valence-corrected chi connectivity index (χ1v) is 20.3. The van der Waals surface area contributed by atoms with Gasteiger partial charge in [-0.3, -0.25) is 0 Å².